The molecule has 192 valence electrons. The summed E-state index contributed by atoms with van der Waals surface area (Å²) < 4.78 is 47.5. The molecule has 0 aliphatic rings. The Morgan fingerprint density at radius 3 is 2.47 bits per heavy atom. The van der Waals surface area contributed by atoms with E-state index in [2.05, 4.69) is 20.0 Å². The number of rotatable bonds is 8. The van der Waals surface area contributed by atoms with Gasteiger partial charge in [-0.3, -0.25) is 4.72 Å². The van der Waals surface area contributed by atoms with E-state index in [1.165, 1.54) is 18.5 Å². The van der Waals surface area contributed by atoms with Gasteiger partial charge in [0.25, 0.3) is 10.0 Å². The van der Waals surface area contributed by atoms with E-state index in [-0.39, 0.29) is 17.3 Å². The van der Waals surface area contributed by atoms with Gasteiger partial charge in [-0.15, -0.1) is 0 Å². The highest BCUT2D eigenvalue weighted by atomic mass is 35.5. The monoisotopic (exact) mass is 548 g/mol. The zero-order valence-corrected chi connectivity index (χ0v) is 21.7. The smallest absolute Gasteiger partial charge is 0.261 e. The molecule has 0 atom stereocenters. The van der Waals surface area contributed by atoms with Crippen molar-refractivity contribution in [3.8, 4) is 5.75 Å². The fourth-order valence-corrected chi connectivity index (χ4v) is 5.06. The highest BCUT2D eigenvalue weighted by molar-refractivity contribution is 7.92. The summed E-state index contributed by atoms with van der Waals surface area (Å²) >= 11 is 6.43. The molecule has 2 N–H and O–H groups in total. The number of nitrogens with zero attached hydrogens (tertiary/aromatic N) is 2. The molecule has 0 bridgehead atoms. The molecule has 0 aliphatic carbocycles. The number of aromatic nitrogens is 2. The molecule has 7 nitrogen and oxygen atoms in total. The first-order valence-corrected chi connectivity index (χ1v) is 13.4. The molecule has 1 aromatic heterocycles. The minimum Gasteiger partial charge on any atom is -0.487 e. The normalized spacial score (nSPS) is 11.3. The predicted molar refractivity (Wildman–Crippen MR) is 147 cm³/mol. The van der Waals surface area contributed by atoms with E-state index in [1.54, 1.807) is 72.8 Å². The van der Waals surface area contributed by atoms with E-state index in [4.69, 9.17) is 16.3 Å². The number of aryl methyl sites for hydroxylation is 1. The number of hydrogen-bond acceptors (Lipinski definition) is 6. The number of hydrogen-bond donors (Lipinski definition) is 2. The molecule has 0 radical (unpaired) electrons. The average molecular weight is 549 g/mol. The first-order valence-electron chi connectivity index (χ1n) is 11.5. The summed E-state index contributed by atoms with van der Waals surface area (Å²) in [5.41, 5.74) is 3.29. The molecule has 0 unspecified atom stereocenters. The van der Waals surface area contributed by atoms with Crippen LogP contribution in [0.1, 0.15) is 11.1 Å². The van der Waals surface area contributed by atoms with Gasteiger partial charge in [0.05, 0.1) is 15.4 Å². The highest BCUT2D eigenvalue weighted by Crippen LogP contribution is 2.32. The summed E-state index contributed by atoms with van der Waals surface area (Å²) in [6.45, 7) is 2.06. The molecule has 4 aromatic carbocycles. The molecule has 5 rings (SSSR count). The van der Waals surface area contributed by atoms with Gasteiger partial charge in [-0.05, 0) is 73.2 Å². The molecule has 10 heteroatoms. The van der Waals surface area contributed by atoms with Gasteiger partial charge in [-0.1, -0.05) is 41.4 Å². The fraction of sp³-hybridized carbons (Fsp3) is 0.0714. The van der Waals surface area contributed by atoms with Crippen LogP contribution in [0.25, 0.3) is 10.9 Å². The van der Waals surface area contributed by atoms with Crippen LogP contribution in [0.3, 0.4) is 0 Å². The summed E-state index contributed by atoms with van der Waals surface area (Å²) in [4.78, 5) is 8.78. The third-order valence-corrected chi connectivity index (χ3v) is 7.39. The first-order chi connectivity index (χ1) is 18.3. The van der Waals surface area contributed by atoms with Gasteiger partial charge in [0, 0.05) is 16.8 Å². The number of benzene rings is 4. The van der Waals surface area contributed by atoms with Crippen LogP contribution in [-0.4, -0.2) is 18.4 Å². The number of fused-ring (bicyclic) bond motifs is 1. The van der Waals surface area contributed by atoms with Crippen LogP contribution in [-0.2, 0) is 16.6 Å². The van der Waals surface area contributed by atoms with Gasteiger partial charge in [0.1, 0.15) is 30.3 Å². The number of nitrogens with one attached hydrogen (secondary N) is 2. The van der Waals surface area contributed by atoms with E-state index < -0.39 is 10.0 Å². The quantitative estimate of drug-likeness (QED) is 0.220. The number of sulfonamides is 1. The van der Waals surface area contributed by atoms with Crippen LogP contribution in [0, 0.1) is 12.7 Å². The Kier molecular flexibility index (Phi) is 7.13. The third kappa shape index (κ3) is 5.85. The van der Waals surface area contributed by atoms with Crippen molar-refractivity contribution in [2.45, 2.75) is 18.4 Å². The van der Waals surface area contributed by atoms with Crippen LogP contribution in [0.2, 0.25) is 5.02 Å². The van der Waals surface area contributed by atoms with Gasteiger partial charge in [-0.2, -0.15) is 0 Å². The van der Waals surface area contributed by atoms with Crippen molar-refractivity contribution in [1.29, 1.82) is 0 Å². The molecule has 38 heavy (non-hydrogen) atoms. The molecule has 0 aliphatic heterocycles. The second-order valence-corrected chi connectivity index (χ2v) is 10.7. The van der Waals surface area contributed by atoms with Crippen molar-refractivity contribution in [1.82, 2.24) is 9.97 Å². The Hall–Kier alpha value is -4.21. The second kappa shape index (κ2) is 10.6. The summed E-state index contributed by atoms with van der Waals surface area (Å²) in [5.74, 6) is 0.581. The number of ether oxygens (including phenoxy) is 1. The molecule has 5 aromatic rings. The van der Waals surface area contributed by atoms with Gasteiger partial charge in [0.15, 0.2) is 0 Å². The average Bonchev–Trinajstić information content (AvgIpc) is 2.89. The molecule has 0 amide bonds. The van der Waals surface area contributed by atoms with Crippen LogP contribution in [0.15, 0.2) is 96.2 Å². The van der Waals surface area contributed by atoms with Gasteiger partial charge >= 0.3 is 0 Å². The molecule has 0 saturated carbocycles. The summed E-state index contributed by atoms with van der Waals surface area (Å²) in [6, 6.07) is 22.9. The van der Waals surface area contributed by atoms with Crippen LogP contribution in [0.4, 0.5) is 21.6 Å². The molecular formula is C28H22ClFN4O3S. The standard InChI is InChI=1S/C28H22ClFN4O3S/c1-18-5-9-23(10-6-18)38(35,36)34-22-7-11-26-24(14-22)28(32-17-31-26)33-21-8-12-27(25(29)15-21)37-16-19-3-2-4-20(30)13-19/h2-15,17,34H,16H2,1H3,(H,31,32,33). The minimum atomic E-state index is -3.77. The zero-order chi connectivity index (χ0) is 26.7. The largest absolute Gasteiger partial charge is 0.487 e. The van der Waals surface area contributed by atoms with Crippen LogP contribution in [0.5, 0.6) is 5.75 Å². The maximum Gasteiger partial charge on any atom is 0.261 e. The van der Waals surface area contributed by atoms with Gasteiger partial charge in [0.2, 0.25) is 0 Å². The lowest BCUT2D eigenvalue weighted by molar-refractivity contribution is 0.306. The van der Waals surface area contributed by atoms with Crippen molar-refractivity contribution < 1.29 is 17.5 Å². The fourth-order valence-electron chi connectivity index (χ4n) is 3.77. The van der Waals surface area contributed by atoms with E-state index in [0.717, 1.165) is 5.56 Å². The Morgan fingerprint density at radius 2 is 1.71 bits per heavy atom. The number of anilines is 3. The van der Waals surface area contributed by atoms with Crippen molar-refractivity contribution in [2.75, 3.05) is 10.0 Å². The van der Waals surface area contributed by atoms with Crippen molar-refractivity contribution >= 4 is 49.7 Å². The summed E-state index contributed by atoms with van der Waals surface area (Å²) in [5, 5.41) is 4.17. The lowest BCUT2D eigenvalue weighted by Gasteiger charge is -2.13. The van der Waals surface area contributed by atoms with E-state index in [9.17, 15) is 12.8 Å². The van der Waals surface area contributed by atoms with E-state index in [1.807, 2.05) is 6.92 Å². The van der Waals surface area contributed by atoms with E-state index >= 15 is 0 Å². The molecular weight excluding hydrogens is 527 g/mol. The third-order valence-electron chi connectivity index (χ3n) is 5.70. The van der Waals surface area contributed by atoms with E-state index in [0.29, 0.717) is 44.4 Å². The lowest BCUT2D eigenvalue weighted by atomic mass is 10.2. The SMILES string of the molecule is Cc1ccc(S(=O)(=O)Nc2ccc3ncnc(Nc4ccc(OCc5cccc(F)c5)c(Cl)c4)c3c2)cc1. The lowest BCUT2D eigenvalue weighted by Crippen LogP contribution is -2.13. The van der Waals surface area contributed by atoms with Gasteiger partial charge in [-0.25, -0.2) is 22.8 Å². The zero-order valence-electron chi connectivity index (χ0n) is 20.2. The second-order valence-electron chi connectivity index (χ2n) is 8.56. The predicted octanol–water partition coefficient (Wildman–Crippen LogP) is 6.85. The highest BCUT2D eigenvalue weighted by Gasteiger charge is 2.15. The van der Waals surface area contributed by atoms with Crippen LogP contribution >= 0.6 is 11.6 Å². The Morgan fingerprint density at radius 1 is 0.921 bits per heavy atom. The molecule has 0 spiro atoms. The first kappa shape index (κ1) is 25.4. The maximum atomic E-state index is 13.4. The summed E-state index contributed by atoms with van der Waals surface area (Å²) in [7, 11) is -3.77. The minimum absolute atomic E-state index is 0.167. The maximum absolute atomic E-state index is 13.4. The Labute approximate surface area is 224 Å². The Bertz CT molecular complexity index is 1730. The topological polar surface area (TPSA) is 93.2 Å². The Balaban J connectivity index is 1.36. The molecule has 1 heterocycles. The van der Waals surface area contributed by atoms with Crippen molar-refractivity contribution in [2.24, 2.45) is 0 Å². The molecule has 0 fully saturated rings. The van der Waals surface area contributed by atoms with Crippen molar-refractivity contribution in [3.05, 3.63) is 113 Å². The number of halogens is 2. The van der Waals surface area contributed by atoms with Gasteiger partial charge < -0.3 is 10.1 Å². The molecule has 0 saturated heterocycles. The van der Waals surface area contributed by atoms with Crippen LogP contribution < -0.4 is 14.8 Å². The summed E-state index contributed by atoms with van der Waals surface area (Å²) in [6.07, 6.45) is 1.42. The van der Waals surface area contributed by atoms with Crippen molar-refractivity contribution in [3.63, 3.8) is 0 Å².